The Morgan fingerprint density at radius 2 is 1.08 bits per heavy atom. The molecule has 7 heteroatoms. The maximum Gasteiger partial charge on any atom is 2.00 e. The van der Waals surface area contributed by atoms with Crippen molar-refractivity contribution in [3.05, 3.63) is 47.6 Å². The molecule has 0 aliphatic heterocycles. The van der Waals surface area contributed by atoms with E-state index in [1.54, 1.807) is 11.1 Å². The van der Waals surface area contributed by atoms with Crippen LogP contribution in [0.15, 0.2) is 47.6 Å². The molecular formula is C29H48Cl2O2Si2Zr. The third-order valence-corrected chi connectivity index (χ3v) is 10.8. The van der Waals surface area contributed by atoms with E-state index in [4.69, 9.17) is 8.85 Å². The van der Waals surface area contributed by atoms with Gasteiger partial charge in [0.1, 0.15) is 0 Å². The quantitative estimate of drug-likeness (QED) is 0.340. The summed E-state index contributed by atoms with van der Waals surface area (Å²) in [4.78, 5) is 0. The maximum absolute atomic E-state index is 6.56. The van der Waals surface area contributed by atoms with Crippen LogP contribution in [0.25, 0.3) is 0 Å². The van der Waals surface area contributed by atoms with Crippen LogP contribution in [0.5, 0.6) is 0 Å². The number of allylic oxidation sites excluding steroid dienone is 8. The van der Waals surface area contributed by atoms with Crippen LogP contribution < -0.4 is 24.8 Å². The maximum atomic E-state index is 6.56. The molecule has 0 aromatic heterocycles. The average Bonchev–Trinajstić information content (AvgIpc) is 3.36. The molecule has 4 unspecified atom stereocenters. The van der Waals surface area contributed by atoms with Crippen LogP contribution in [0.3, 0.4) is 0 Å². The Hall–Kier alpha value is 0.777. The second-order valence-electron chi connectivity index (χ2n) is 13.0. The minimum Gasteiger partial charge on any atom is -1.00 e. The number of halogens is 2. The third kappa shape index (κ3) is 8.39. The number of fused-ring (bicyclic) bond motifs is 2. The van der Waals surface area contributed by atoms with Gasteiger partial charge in [-0.05, 0) is 120 Å². The van der Waals surface area contributed by atoms with Crippen LogP contribution in [0, 0.1) is 29.1 Å². The van der Waals surface area contributed by atoms with Gasteiger partial charge in [-0.2, -0.15) is 0 Å². The van der Waals surface area contributed by atoms with Crippen molar-refractivity contribution in [3.8, 4) is 0 Å². The summed E-state index contributed by atoms with van der Waals surface area (Å²) in [6, 6.07) is 0. The van der Waals surface area contributed by atoms with E-state index >= 15 is 0 Å². The van der Waals surface area contributed by atoms with Gasteiger partial charge in [-0.3, -0.25) is 0 Å². The summed E-state index contributed by atoms with van der Waals surface area (Å²) in [5.41, 5.74) is 3.78. The molecule has 0 heterocycles. The van der Waals surface area contributed by atoms with Crippen molar-refractivity contribution in [1.29, 1.82) is 0 Å². The summed E-state index contributed by atoms with van der Waals surface area (Å²) >= 11 is 0. The van der Waals surface area contributed by atoms with Crippen molar-refractivity contribution < 1.29 is 59.9 Å². The second kappa shape index (κ2) is 14.4. The molecule has 2 saturated carbocycles. The molecule has 4 aliphatic rings. The molecule has 0 bridgehead atoms. The molecule has 4 rings (SSSR count). The molecule has 36 heavy (non-hydrogen) atoms. The Labute approximate surface area is 255 Å². The van der Waals surface area contributed by atoms with Gasteiger partial charge in [0, 0.05) is 13.2 Å². The Bertz CT molecular complexity index is 758. The molecule has 202 valence electrons. The zero-order chi connectivity index (χ0) is 23.7. The van der Waals surface area contributed by atoms with Gasteiger partial charge >= 0.3 is 26.2 Å². The van der Waals surface area contributed by atoms with Gasteiger partial charge in [-0.15, -0.1) is 0 Å². The predicted octanol–water partition coefficient (Wildman–Crippen LogP) is 2.29. The van der Waals surface area contributed by atoms with Crippen LogP contribution in [-0.4, -0.2) is 29.8 Å². The van der Waals surface area contributed by atoms with Crippen molar-refractivity contribution in [2.75, 3.05) is 13.2 Å². The summed E-state index contributed by atoms with van der Waals surface area (Å²) in [6.45, 7) is 15.8. The summed E-state index contributed by atoms with van der Waals surface area (Å²) in [5.74, 6) is 2.90. The second-order valence-corrected chi connectivity index (χ2v) is 22.0. The predicted molar refractivity (Wildman–Crippen MR) is 146 cm³/mol. The molecule has 4 aliphatic carbocycles. The van der Waals surface area contributed by atoms with Gasteiger partial charge in [0.15, 0.2) is 16.6 Å². The molecule has 0 amide bonds. The van der Waals surface area contributed by atoms with E-state index in [2.05, 4.69) is 75.7 Å². The molecule has 4 atom stereocenters. The van der Waals surface area contributed by atoms with Crippen LogP contribution in [0.4, 0.5) is 0 Å². The molecular weight excluding hydrogens is 599 g/mol. The number of rotatable bonds is 10. The first-order valence-corrected chi connectivity index (χ1v) is 20.4. The van der Waals surface area contributed by atoms with E-state index in [0.717, 1.165) is 25.0 Å². The van der Waals surface area contributed by atoms with E-state index in [0.29, 0.717) is 11.8 Å². The van der Waals surface area contributed by atoms with E-state index < -0.39 is 16.6 Å². The summed E-state index contributed by atoms with van der Waals surface area (Å²) < 4.78 is 13.1. The Morgan fingerprint density at radius 3 is 1.44 bits per heavy atom. The molecule has 0 saturated heterocycles. The van der Waals surface area contributed by atoms with E-state index in [9.17, 15) is 0 Å². The number of hydrogen-bond donors (Lipinski definition) is 0. The number of hydrogen-bond acceptors (Lipinski definition) is 2. The van der Waals surface area contributed by atoms with Gasteiger partial charge in [-0.1, -0.05) is 47.6 Å². The molecule has 0 N–H and O–H groups in total. The first kappa shape index (κ1) is 34.8. The SMILES string of the molecule is C[Si](C)(C)OCCC(CCO[Si](C)(C)C)(C1CCC2CC=CC=C21)C1CCC2CC=CC=C21.[Cl-].[Cl-].[Zr+2]. The first-order chi connectivity index (χ1) is 15.6. The Balaban J connectivity index is 0.00000216. The average molecular weight is 647 g/mol. The Morgan fingerprint density at radius 1 is 0.694 bits per heavy atom. The molecule has 0 aromatic carbocycles. The largest absolute Gasteiger partial charge is 2.00 e. The van der Waals surface area contributed by atoms with Crippen molar-refractivity contribution in [3.63, 3.8) is 0 Å². The minimum absolute atomic E-state index is 0. The van der Waals surface area contributed by atoms with Crippen LogP contribution >= 0.6 is 0 Å². The van der Waals surface area contributed by atoms with Crippen molar-refractivity contribution in [2.45, 2.75) is 90.6 Å². The van der Waals surface area contributed by atoms with Crippen molar-refractivity contribution in [2.24, 2.45) is 29.1 Å². The molecule has 0 aromatic rings. The van der Waals surface area contributed by atoms with Gasteiger partial charge in [0.2, 0.25) is 0 Å². The fraction of sp³-hybridized carbons (Fsp3) is 0.724. The van der Waals surface area contributed by atoms with Gasteiger partial charge in [0.25, 0.3) is 0 Å². The molecule has 2 nitrogen and oxygen atoms in total. The third-order valence-electron chi connectivity index (χ3n) is 8.64. The fourth-order valence-corrected chi connectivity index (χ4v) is 8.65. The van der Waals surface area contributed by atoms with Crippen LogP contribution in [0.2, 0.25) is 39.3 Å². The van der Waals surface area contributed by atoms with Crippen molar-refractivity contribution >= 4 is 16.6 Å². The first-order valence-electron chi connectivity index (χ1n) is 13.6. The topological polar surface area (TPSA) is 18.5 Å². The minimum atomic E-state index is -1.54. The van der Waals surface area contributed by atoms with Crippen LogP contribution in [0.1, 0.15) is 51.4 Å². The van der Waals surface area contributed by atoms with Gasteiger partial charge in [0.05, 0.1) is 0 Å². The van der Waals surface area contributed by atoms with E-state index in [1.807, 2.05) is 0 Å². The molecule has 2 fully saturated rings. The standard InChI is InChI=1S/C29H48O2Si2.2ClH.Zr/c1-32(2,3)30-21-19-29(20-22-31-33(4,5)6,27-17-15-23-11-7-9-13-25(23)27)28-18-16-24-12-8-10-14-26(24)28;;;/h7-10,13-14,23-24,27-28H,11-12,15-22H2,1-6H3;2*1H;/q;;;+2/p-2. The van der Waals surface area contributed by atoms with E-state index in [1.165, 1.54) is 51.4 Å². The summed E-state index contributed by atoms with van der Waals surface area (Å²) in [5, 5.41) is 0. The summed E-state index contributed by atoms with van der Waals surface area (Å²) in [7, 11) is -3.08. The fourth-order valence-electron chi connectivity index (χ4n) is 7.23. The van der Waals surface area contributed by atoms with Crippen LogP contribution in [-0.2, 0) is 35.1 Å². The van der Waals surface area contributed by atoms with E-state index in [-0.39, 0.29) is 56.4 Å². The van der Waals surface area contributed by atoms with Gasteiger partial charge < -0.3 is 33.7 Å². The zero-order valence-electron chi connectivity index (χ0n) is 23.4. The van der Waals surface area contributed by atoms with Gasteiger partial charge in [-0.25, -0.2) is 0 Å². The normalized spacial score (nSPS) is 27.2. The smallest absolute Gasteiger partial charge is 1.00 e. The zero-order valence-corrected chi connectivity index (χ0v) is 29.4. The molecule has 0 radical (unpaired) electrons. The Kier molecular flexibility index (Phi) is 13.9. The molecule has 0 spiro atoms. The summed E-state index contributed by atoms with van der Waals surface area (Å²) in [6.07, 6.45) is 24.7. The monoisotopic (exact) mass is 644 g/mol. The van der Waals surface area contributed by atoms with Crippen molar-refractivity contribution in [1.82, 2.24) is 0 Å².